The van der Waals surface area contributed by atoms with Crippen LogP contribution in [0.2, 0.25) is 0 Å². The summed E-state index contributed by atoms with van der Waals surface area (Å²) in [5, 5.41) is 3.14. The summed E-state index contributed by atoms with van der Waals surface area (Å²) in [6, 6.07) is 1.84. The molecule has 0 aliphatic heterocycles. The number of thiophene rings is 1. The molecule has 0 aliphatic carbocycles. The lowest BCUT2D eigenvalue weighted by atomic mass is 10.4. The number of carbonyl (C=O) groups is 1. The molecule has 12 heavy (non-hydrogen) atoms. The van der Waals surface area contributed by atoms with Crippen LogP contribution in [-0.2, 0) is 4.84 Å². The number of amides is 1. The van der Waals surface area contributed by atoms with Crippen molar-refractivity contribution in [2.45, 2.75) is 0 Å². The van der Waals surface area contributed by atoms with Crippen molar-refractivity contribution < 1.29 is 9.63 Å². The molecule has 1 amide bonds. The normalized spacial score (nSPS) is 9.92. The Balaban J connectivity index is 2.78. The maximum atomic E-state index is 11.4. The van der Waals surface area contributed by atoms with Gasteiger partial charge in [0.1, 0.15) is 0 Å². The number of hydroxylamine groups is 2. The Morgan fingerprint density at radius 1 is 1.75 bits per heavy atom. The van der Waals surface area contributed by atoms with Crippen molar-refractivity contribution in [1.82, 2.24) is 5.06 Å². The third-order valence-corrected chi connectivity index (χ3v) is 3.30. The molecule has 0 fully saturated rings. The fourth-order valence-corrected chi connectivity index (χ4v) is 2.30. The van der Waals surface area contributed by atoms with E-state index in [1.165, 1.54) is 23.5 Å². The van der Waals surface area contributed by atoms with Gasteiger partial charge in [0.25, 0.3) is 5.91 Å². The molecule has 1 aromatic rings. The molecule has 1 aromatic heterocycles. The lowest BCUT2D eigenvalue weighted by Gasteiger charge is -2.11. The molecule has 5 heteroatoms. The Morgan fingerprint density at radius 2 is 2.42 bits per heavy atom. The largest absolute Gasteiger partial charge is 0.287 e. The Morgan fingerprint density at radius 3 is 2.83 bits per heavy atom. The standard InChI is InChI=1S/C7H8INO2S/c1-9(11-2)7(10)6-3-5(8)4-12-6/h3-4H,1-2H3. The van der Waals surface area contributed by atoms with Gasteiger partial charge in [-0.2, -0.15) is 0 Å². The van der Waals surface area contributed by atoms with E-state index in [0.29, 0.717) is 4.88 Å². The van der Waals surface area contributed by atoms with Crippen LogP contribution >= 0.6 is 33.9 Å². The van der Waals surface area contributed by atoms with Crippen LogP contribution in [-0.4, -0.2) is 25.1 Å². The predicted molar refractivity (Wildman–Crippen MR) is 56.1 cm³/mol. The van der Waals surface area contributed by atoms with E-state index in [1.807, 2.05) is 11.4 Å². The van der Waals surface area contributed by atoms with E-state index in [9.17, 15) is 4.79 Å². The van der Waals surface area contributed by atoms with Gasteiger partial charge in [0.2, 0.25) is 0 Å². The average molecular weight is 297 g/mol. The van der Waals surface area contributed by atoms with Crippen LogP contribution in [0.3, 0.4) is 0 Å². The molecule has 0 saturated carbocycles. The van der Waals surface area contributed by atoms with Crippen molar-refractivity contribution in [2.24, 2.45) is 0 Å². The molecule has 0 spiro atoms. The average Bonchev–Trinajstić information content (AvgIpc) is 2.49. The minimum atomic E-state index is -0.106. The van der Waals surface area contributed by atoms with Gasteiger partial charge in [-0.3, -0.25) is 9.63 Å². The number of rotatable bonds is 2. The summed E-state index contributed by atoms with van der Waals surface area (Å²) in [5.74, 6) is -0.106. The van der Waals surface area contributed by atoms with E-state index in [2.05, 4.69) is 22.6 Å². The third kappa shape index (κ3) is 2.18. The summed E-state index contributed by atoms with van der Waals surface area (Å²) in [6.07, 6.45) is 0. The highest BCUT2D eigenvalue weighted by molar-refractivity contribution is 14.1. The molecule has 0 atom stereocenters. The Labute approximate surface area is 88.4 Å². The summed E-state index contributed by atoms with van der Waals surface area (Å²) < 4.78 is 1.07. The zero-order chi connectivity index (χ0) is 9.14. The van der Waals surface area contributed by atoms with Crippen LogP contribution in [0.25, 0.3) is 0 Å². The zero-order valence-electron chi connectivity index (χ0n) is 6.70. The van der Waals surface area contributed by atoms with Crippen LogP contribution in [0.5, 0.6) is 0 Å². The number of carbonyl (C=O) groups excluding carboxylic acids is 1. The fraction of sp³-hybridized carbons (Fsp3) is 0.286. The summed E-state index contributed by atoms with van der Waals surface area (Å²) in [4.78, 5) is 16.9. The zero-order valence-corrected chi connectivity index (χ0v) is 9.68. The molecule has 0 unspecified atom stereocenters. The highest BCUT2D eigenvalue weighted by atomic mass is 127. The molecular weight excluding hydrogens is 289 g/mol. The highest BCUT2D eigenvalue weighted by Gasteiger charge is 2.12. The molecule has 0 aromatic carbocycles. The second kappa shape index (κ2) is 4.20. The van der Waals surface area contributed by atoms with Gasteiger partial charge in [0.15, 0.2) is 0 Å². The smallest absolute Gasteiger partial charge is 0.274 e. The lowest BCUT2D eigenvalue weighted by Crippen LogP contribution is -2.24. The van der Waals surface area contributed by atoms with Gasteiger partial charge in [-0.1, -0.05) is 0 Å². The molecule has 3 nitrogen and oxygen atoms in total. The van der Waals surface area contributed by atoms with Gasteiger partial charge in [-0.25, -0.2) is 5.06 Å². The first-order valence-corrected chi connectivity index (χ1v) is 5.17. The minimum Gasteiger partial charge on any atom is -0.274 e. The van der Waals surface area contributed by atoms with Gasteiger partial charge >= 0.3 is 0 Å². The number of hydrogen-bond acceptors (Lipinski definition) is 3. The van der Waals surface area contributed by atoms with E-state index in [-0.39, 0.29) is 5.91 Å². The molecule has 66 valence electrons. The van der Waals surface area contributed by atoms with Crippen LogP contribution in [0, 0.1) is 3.57 Å². The van der Waals surface area contributed by atoms with Gasteiger partial charge in [-0.15, -0.1) is 11.3 Å². The van der Waals surface area contributed by atoms with Crippen molar-refractivity contribution in [1.29, 1.82) is 0 Å². The van der Waals surface area contributed by atoms with Crippen molar-refractivity contribution in [3.8, 4) is 0 Å². The maximum absolute atomic E-state index is 11.4. The summed E-state index contributed by atoms with van der Waals surface area (Å²) >= 11 is 3.59. The molecule has 1 heterocycles. The van der Waals surface area contributed by atoms with E-state index in [4.69, 9.17) is 4.84 Å². The fourth-order valence-electron chi connectivity index (χ4n) is 0.663. The van der Waals surface area contributed by atoms with Gasteiger partial charge in [-0.05, 0) is 28.7 Å². The minimum absolute atomic E-state index is 0.106. The molecule has 0 aliphatic rings. The van der Waals surface area contributed by atoms with E-state index in [1.54, 1.807) is 7.05 Å². The molecule has 0 N–H and O–H groups in total. The molecule has 0 radical (unpaired) electrons. The molecule has 0 saturated heterocycles. The van der Waals surface area contributed by atoms with Crippen molar-refractivity contribution in [3.63, 3.8) is 0 Å². The summed E-state index contributed by atoms with van der Waals surface area (Å²) in [5.41, 5.74) is 0. The number of hydrogen-bond donors (Lipinski definition) is 0. The second-order valence-corrected chi connectivity index (χ2v) is 4.27. The predicted octanol–water partition coefficient (Wildman–Crippen LogP) is 1.99. The Hall–Kier alpha value is -0.140. The van der Waals surface area contributed by atoms with E-state index < -0.39 is 0 Å². The maximum Gasteiger partial charge on any atom is 0.287 e. The molecule has 1 rings (SSSR count). The first-order valence-electron chi connectivity index (χ1n) is 3.21. The van der Waals surface area contributed by atoms with Gasteiger partial charge < -0.3 is 0 Å². The molecule has 0 bridgehead atoms. The number of halogens is 1. The first-order chi connectivity index (χ1) is 5.65. The van der Waals surface area contributed by atoms with Gasteiger partial charge in [0.05, 0.1) is 12.0 Å². The SMILES string of the molecule is CON(C)C(=O)c1cc(I)cs1. The first kappa shape index (κ1) is 9.94. The van der Waals surface area contributed by atoms with Crippen LogP contribution in [0.1, 0.15) is 9.67 Å². The third-order valence-electron chi connectivity index (χ3n) is 1.34. The lowest BCUT2D eigenvalue weighted by molar-refractivity contribution is -0.0753. The topological polar surface area (TPSA) is 29.5 Å². The second-order valence-electron chi connectivity index (χ2n) is 2.11. The van der Waals surface area contributed by atoms with Crippen LogP contribution in [0.4, 0.5) is 0 Å². The Kier molecular flexibility index (Phi) is 3.48. The summed E-state index contributed by atoms with van der Waals surface area (Å²) in [6.45, 7) is 0. The van der Waals surface area contributed by atoms with E-state index >= 15 is 0 Å². The van der Waals surface area contributed by atoms with Crippen molar-refractivity contribution in [3.05, 3.63) is 19.9 Å². The van der Waals surface area contributed by atoms with Crippen LogP contribution in [0.15, 0.2) is 11.4 Å². The van der Waals surface area contributed by atoms with Gasteiger partial charge in [0, 0.05) is 16.0 Å². The van der Waals surface area contributed by atoms with Crippen molar-refractivity contribution in [2.75, 3.05) is 14.2 Å². The Bertz CT molecular complexity index is 287. The molecular formula is C7H8INO2S. The summed E-state index contributed by atoms with van der Waals surface area (Å²) in [7, 11) is 3.06. The van der Waals surface area contributed by atoms with Crippen molar-refractivity contribution >= 4 is 39.8 Å². The number of nitrogens with zero attached hydrogens (tertiary/aromatic N) is 1. The van der Waals surface area contributed by atoms with E-state index in [0.717, 1.165) is 3.57 Å². The van der Waals surface area contributed by atoms with Crippen LogP contribution < -0.4 is 0 Å². The highest BCUT2D eigenvalue weighted by Crippen LogP contribution is 2.17. The quantitative estimate of drug-likeness (QED) is 0.617. The monoisotopic (exact) mass is 297 g/mol.